The van der Waals surface area contributed by atoms with Gasteiger partial charge in [0, 0.05) is 12.4 Å². The predicted octanol–water partition coefficient (Wildman–Crippen LogP) is 3.54. The SMILES string of the molecule is COC(=O)Cc1cc(OC)ccc1S(=O)(=O)N(C)C(C)c1cc2ccccc2o1. The van der Waals surface area contributed by atoms with Crippen LogP contribution in [-0.2, 0) is 26.0 Å². The molecule has 2 aromatic carbocycles. The molecule has 0 radical (unpaired) electrons. The summed E-state index contributed by atoms with van der Waals surface area (Å²) in [7, 11) is 0.292. The number of hydrogen-bond acceptors (Lipinski definition) is 6. The van der Waals surface area contributed by atoms with Crippen LogP contribution in [0.3, 0.4) is 0 Å². The molecule has 3 aromatic rings. The number of benzene rings is 2. The Labute approximate surface area is 169 Å². The lowest BCUT2D eigenvalue weighted by Gasteiger charge is -2.24. The number of esters is 1. The van der Waals surface area contributed by atoms with Crippen molar-refractivity contribution in [2.75, 3.05) is 21.3 Å². The van der Waals surface area contributed by atoms with Crippen molar-refractivity contribution in [2.45, 2.75) is 24.3 Å². The molecule has 1 unspecified atom stereocenters. The van der Waals surface area contributed by atoms with E-state index in [1.54, 1.807) is 13.0 Å². The minimum absolute atomic E-state index is 0.0224. The summed E-state index contributed by atoms with van der Waals surface area (Å²) in [5.74, 6) is 0.443. The molecule has 1 aromatic heterocycles. The van der Waals surface area contributed by atoms with E-state index in [2.05, 4.69) is 0 Å². The van der Waals surface area contributed by atoms with Crippen molar-refractivity contribution in [2.24, 2.45) is 0 Å². The molecule has 0 saturated heterocycles. The third-order valence-corrected chi connectivity index (χ3v) is 6.92. The van der Waals surface area contributed by atoms with Crippen molar-refractivity contribution in [3.8, 4) is 5.75 Å². The number of methoxy groups -OCH3 is 2. The molecular formula is C21H23NO6S. The van der Waals surface area contributed by atoms with Crippen LogP contribution < -0.4 is 4.74 Å². The maximum atomic E-state index is 13.3. The van der Waals surface area contributed by atoms with Gasteiger partial charge in [-0.3, -0.25) is 4.79 Å². The van der Waals surface area contributed by atoms with Gasteiger partial charge in [0.2, 0.25) is 10.0 Å². The van der Waals surface area contributed by atoms with E-state index in [1.165, 1.54) is 37.7 Å². The lowest BCUT2D eigenvalue weighted by atomic mass is 10.1. The van der Waals surface area contributed by atoms with E-state index in [4.69, 9.17) is 13.9 Å². The predicted molar refractivity (Wildman–Crippen MR) is 108 cm³/mol. The fraction of sp³-hybridized carbons (Fsp3) is 0.286. The van der Waals surface area contributed by atoms with Gasteiger partial charge in [-0.05, 0) is 42.8 Å². The van der Waals surface area contributed by atoms with Gasteiger partial charge in [-0.1, -0.05) is 18.2 Å². The van der Waals surface area contributed by atoms with Crippen LogP contribution in [0.15, 0.2) is 57.8 Å². The van der Waals surface area contributed by atoms with Crippen LogP contribution in [0.4, 0.5) is 0 Å². The topological polar surface area (TPSA) is 86.0 Å². The number of carbonyl (C=O) groups excluding carboxylic acids is 1. The van der Waals surface area contributed by atoms with Crippen molar-refractivity contribution < 1.29 is 27.1 Å². The highest BCUT2D eigenvalue weighted by molar-refractivity contribution is 7.89. The van der Waals surface area contributed by atoms with Crippen molar-refractivity contribution in [1.82, 2.24) is 4.31 Å². The Bertz CT molecular complexity index is 1100. The fourth-order valence-electron chi connectivity index (χ4n) is 3.05. The Hall–Kier alpha value is -2.84. The van der Waals surface area contributed by atoms with Gasteiger partial charge < -0.3 is 13.9 Å². The molecule has 0 N–H and O–H groups in total. The number of rotatable bonds is 7. The third-order valence-electron chi connectivity index (χ3n) is 4.89. The Morgan fingerprint density at radius 1 is 1.14 bits per heavy atom. The lowest BCUT2D eigenvalue weighted by molar-refractivity contribution is -0.139. The molecule has 1 atom stereocenters. The van der Waals surface area contributed by atoms with Gasteiger partial charge in [0.05, 0.1) is 31.6 Å². The molecule has 8 heteroatoms. The first-order valence-corrected chi connectivity index (χ1v) is 10.4. The number of fused-ring (bicyclic) bond motifs is 1. The van der Waals surface area contributed by atoms with Gasteiger partial charge >= 0.3 is 5.97 Å². The zero-order valence-corrected chi connectivity index (χ0v) is 17.5. The summed E-state index contributed by atoms with van der Waals surface area (Å²) in [6.45, 7) is 1.75. The highest BCUT2D eigenvalue weighted by Crippen LogP contribution is 2.32. The van der Waals surface area contributed by atoms with Crippen LogP contribution in [0.25, 0.3) is 11.0 Å². The molecular weight excluding hydrogens is 394 g/mol. The normalized spacial score (nSPS) is 12.9. The summed E-state index contributed by atoms with van der Waals surface area (Å²) in [4.78, 5) is 11.8. The average molecular weight is 417 g/mol. The molecule has 0 fully saturated rings. The smallest absolute Gasteiger partial charge is 0.310 e. The molecule has 0 bridgehead atoms. The second kappa shape index (κ2) is 8.26. The summed E-state index contributed by atoms with van der Waals surface area (Å²) >= 11 is 0. The van der Waals surface area contributed by atoms with Gasteiger partial charge in [-0.15, -0.1) is 0 Å². The van der Waals surface area contributed by atoms with Gasteiger partial charge in [0.1, 0.15) is 17.1 Å². The minimum Gasteiger partial charge on any atom is -0.497 e. The van der Waals surface area contributed by atoms with Crippen LogP contribution in [0.1, 0.15) is 24.3 Å². The highest BCUT2D eigenvalue weighted by Gasteiger charge is 2.31. The number of furan rings is 1. The Balaban J connectivity index is 1.99. The molecule has 0 saturated carbocycles. The summed E-state index contributed by atoms with van der Waals surface area (Å²) in [5, 5.41) is 0.899. The first kappa shape index (κ1) is 20.9. The van der Waals surface area contributed by atoms with Crippen LogP contribution >= 0.6 is 0 Å². The van der Waals surface area contributed by atoms with Crippen LogP contribution in [0.2, 0.25) is 0 Å². The highest BCUT2D eigenvalue weighted by atomic mass is 32.2. The average Bonchev–Trinajstić information content (AvgIpc) is 3.16. The Kier molecular flexibility index (Phi) is 5.95. The van der Waals surface area contributed by atoms with Crippen molar-refractivity contribution in [3.05, 3.63) is 59.9 Å². The maximum Gasteiger partial charge on any atom is 0.310 e. The molecule has 3 rings (SSSR count). The third kappa shape index (κ3) is 4.13. The molecule has 0 aliphatic carbocycles. The van der Waals surface area contributed by atoms with E-state index in [0.717, 1.165) is 5.39 Å². The first-order chi connectivity index (χ1) is 13.8. The zero-order chi connectivity index (χ0) is 21.2. The van der Waals surface area contributed by atoms with Gasteiger partial charge in [-0.2, -0.15) is 4.31 Å². The monoisotopic (exact) mass is 417 g/mol. The second-order valence-corrected chi connectivity index (χ2v) is 8.58. The summed E-state index contributed by atoms with van der Waals surface area (Å²) < 4.78 is 43.6. The molecule has 0 spiro atoms. The fourth-order valence-corrected chi connectivity index (χ4v) is 4.58. The van der Waals surface area contributed by atoms with E-state index in [1.807, 2.05) is 30.3 Å². The van der Waals surface area contributed by atoms with E-state index >= 15 is 0 Å². The standard InChI is InChI=1S/C21H23NO6S/c1-14(19-12-15-7-5-6-8-18(15)28-19)22(2)29(24,25)20-10-9-17(26-3)11-16(20)13-21(23)27-4/h5-12,14H,13H2,1-4H3. The molecule has 154 valence electrons. The van der Waals surface area contributed by atoms with E-state index in [-0.39, 0.29) is 11.3 Å². The number of hydrogen-bond donors (Lipinski definition) is 0. The van der Waals surface area contributed by atoms with Gasteiger partial charge in [0.25, 0.3) is 0 Å². The van der Waals surface area contributed by atoms with Gasteiger partial charge in [0.15, 0.2) is 0 Å². The van der Waals surface area contributed by atoms with Crippen molar-refractivity contribution in [3.63, 3.8) is 0 Å². The number of carbonyl (C=O) groups is 1. The number of para-hydroxylation sites is 1. The van der Waals surface area contributed by atoms with Crippen molar-refractivity contribution >= 4 is 27.0 Å². The van der Waals surface area contributed by atoms with Gasteiger partial charge in [-0.25, -0.2) is 8.42 Å². The number of ether oxygens (including phenoxy) is 2. The van der Waals surface area contributed by atoms with E-state index in [9.17, 15) is 13.2 Å². The maximum absolute atomic E-state index is 13.3. The van der Waals surface area contributed by atoms with E-state index < -0.39 is 22.0 Å². The largest absolute Gasteiger partial charge is 0.497 e. The number of sulfonamides is 1. The van der Waals surface area contributed by atoms with E-state index in [0.29, 0.717) is 22.7 Å². The minimum atomic E-state index is -3.92. The molecule has 0 aliphatic rings. The zero-order valence-electron chi connectivity index (χ0n) is 16.7. The van der Waals surface area contributed by atoms with Crippen LogP contribution in [0.5, 0.6) is 5.75 Å². The quantitative estimate of drug-likeness (QED) is 0.547. The van der Waals surface area contributed by atoms with Crippen LogP contribution in [-0.4, -0.2) is 40.0 Å². The van der Waals surface area contributed by atoms with Crippen LogP contribution in [0, 0.1) is 0 Å². The van der Waals surface area contributed by atoms with Crippen molar-refractivity contribution in [1.29, 1.82) is 0 Å². The molecule has 1 heterocycles. The lowest BCUT2D eigenvalue weighted by Crippen LogP contribution is -2.30. The summed E-state index contributed by atoms with van der Waals surface area (Å²) in [6.07, 6.45) is -0.185. The molecule has 7 nitrogen and oxygen atoms in total. The second-order valence-electron chi connectivity index (χ2n) is 6.61. The Morgan fingerprint density at radius 3 is 2.52 bits per heavy atom. The summed E-state index contributed by atoms with van der Waals surface area (Å²) in [6, 6.07) is 13.3. The molecule has 29 heavy (non-hydrogen) atoms. The molecule has 0 amide bonds. The Morgan fingerprint density at radius 2 is 1.86 bits per heavy atom. The molecule has 0 aliphatic heterocycles. The number of nitrogens with zero attached hydrogens (tertiary/aromatic N) is 1. The summed E-state index contributed by atoms with van der Waals surface area (Å²) in [5.41, 5.74) is 0.996. The first-order valence-electron chi connectivity index (χ1n) is 8.98.